The molecule has 0 aromatic carbocycles. The summed E-state index contributed by atoms with van der Waals surface area (Å²) < 4.78 is 17.3. The SMILES string of the molecule is [3H][C@@]1(S)OC(C)[CH-]N1C(=O)O[C-](C)C#[C-].[U].[V].[W].[Y]. The van der Waals surface area contributed by atoms with Gasteiger partial charge in [0.2, 0.25) is 0 Å². The number of thiol groups is 1. The fraction of sp³-hybridized carbons (Fsp3) is 0.444. The summed E-state index contributed by atoms with van der Waals surface area (Å²) in [6.07, 6.45) is 5.52. The van der Waals surface area contributed by atoms with Crippen LogP contribution in [0.3, 0.4) is 0 Å². The summed E-state index contributed by atoms with van der Waals surface area (Å²) in [5.74, 6) is 1.91. The zero-order valence-electron chi connectivity index (χ0n) is 10.7. The molecule has 96 valence electrons. The summed E-state index contributed by atoms with van der Waals surface area (Å²) in [7, 11) is 0. The fourth-order valence-electron chi connectivity index (χ4n) is 0.872. The van der Waals surface area contributed by atoms with E-state index in [4.69, 9.17) is 17.3 Å². The van der Waals surface area contributed by atoms with E-state index in [0.717, 1.165) is 4.90 Å². The molecule has 1 fully saturated rings. The number of carbonyl (C=O) groups is 1. The first-order valence-corrected chi connectivity index (χ1v) is 4.34. The molecule has 0 spiro atoms. The molecule has 0 N–H and O–H groups in total. The minimum atomic E-state index is -1.77. The van der Waals surface area contributed by atoms with Crippen LogP contribution in [0.15, 0.2) is 0 Å². The first-order valence-electron chi connectivity index (χ1n) is 4.39. The molecule has 1 unspecified atom stereocenters. The largest absolute Gasteiger partial charge is 0.726 e. The van der Waals surface area contributed by atoms with Gasteiger partial charge in [-0.15, -0.1) is 19.6 Å². The predicted molar refractivity (Wildman–Crippen MR) is 52.0 cm³/mol. The first kappa shape index (κ1) is 25.4. The van der Waals surface area contributed by atoms with Crippen molar-refractivity contribution in [3.63, 3.8) is 0 Å². The Morgan fingerprint density at radius 1 is 1.78 bits per heavy atom. The maximum absolute atomic E-state index is 11.5. The van der Waals surface area contributed by atoms with Gasteiger partial charge in [-0.3, -0.25) is 0 Å². The maximum Gasteiger partial charge on any atom is 0.355 e. The molecule has 0 bridgehead atoms. The maximum atomic E-state index is 11.5. The Morgan fingerprint density at radius 2 is 2.28 bits per heavy atom. The van der Waals surface area contributed by atoms with E-state index in [2.05, 4.69) is 12.6 Å². The molecule has 2 radical (unpaired) electrons. The van der Waals surface area contributed by atoms with E-state index in [1.165, 1.54) is 13.5 Å². The third kappa shape index (κ3) is 9.39. The van der Waals surface area contributed by atoms with Gasteiger partial charge in [0.25, 0.3) is 0 Å². The van der Waals surface area contributed by atoms with Crippen LogP contribution in [0.4, 0.5) is 4.79 Å². The van der Waals surface area contributed by atoms with Crippen LogP contribution in [0.5, 0.6) is 0 Å². The second-order valence-corrected chi connectivity index (χ2v) is 3.06. The van der Waals surface area contributed by atoms with Gasteiger partial charge < -0.3 is 26.7 Å². The van der Waals surface area contributed by atoms with Crippen LogP contribution in [0, 0.1) is 56.1 Å². The van der Waals surface area contributed by atoms with E-state index in [1.54, 1.807) is 6.92 Å². The van der Waals surface area contributed by atoms with Crippen molar-refractivity contribution in [2.75, 3.05) is 0 Å². The van der Waals surface area contributed by atoms with Crippen molar-refractivity contribution in [3.8, 4) is 5.92 Å². The van der Waals surface area contributed by atoms with E-state index < -0.39 is 17.7 Å². The standard InChI is InChI=1S/C9H10NO3S.U.V.W.Y/c1-4-6(2)12-8(11)10-5-7(3)13-9(10)14;;;;/h5,7,9,14H,2-3H3;;;;/q-3;;;;/t7?,9-;;;;/m0..../s1/i9T;;;;. The Labute approximate surface area is 190 Å². The molecule has 1 rings (SSSR count). The summed E-state index contributed by atoms with van der Waals surface area (Å²) >= 11 is 3.86. The molecule has 1 aliphatic heterocycles. The molecular weight excluding hydrogens is 764 g/mol. The fourth-order valence-corrected chi connectivity index (χ4v) is 1.19. The van der Waals surface area contributed by atoms with Gasteiger partial charge in [-0.2, -0.15) is 6.10 Å². The van der Waals surface area contributed by atoms with Crippen molar-refractivity contribution in [3.05, 3.63) is 19.1 Å². The number of carbonyl (C=O) groups excluding carboxylic acids is 1. The summed E-state index contributed by atoms with van der Waals surface area (Å²) in [6.45, 7) is 4.47. The molecule has 0 saturated carbocycles. The first-order chi connectivity index (χ1) is 6.86. The monoisotopic (exact) mass is 776 g/mol. The van der Waals surface area contributed by atoms with Crippen molar-refractivity contribution in [1.29, 1.82) is 0 Å². The molecule has 0 aliphatic carbocycles. The molecule has 9 heteroatoms. The minimum Gasteiger partial charge on any atom is -0.726 e. The molecule has 1 aliphatic rings. The van der Waals surface area contributed by atoms with E-state index >= 15 is 0 Å². The van der Waals surface area contributed by atoms with Crippen LogP contribution in [-0.4, -0.2) is 22.6 Å². The third-order valence-electron chi connectivity index (χ3n) is 1.47. The second kappa shape index (κ2) is 14.4. The summed E-state index contributed by atoms with van der Waals surface area (Å²) in [5, 5.41) is 0. The quantitative estimate of drug-likeness (QED) is 0.249. The van der Waals surface area contributed by atoms with Gasteiger partial charge in [0, 0.05) is 103 Å². The van der Waals surface area contributed by atoms with E-state index in [1.807, 2.05) is 5.92 Å². The van der Waals surface area contributed by atoms with Crippen molar-refractivity contribution >= 4 is 18.7 Å². The number of rotatable bonds is 1. The Morgan fingerprint density at radius 3 is 2.61 bits per heavy atom. The summed E-state index contributed by atoms with van der Waals surface area (Å²) in [5.41, 5.74) is -1.77. The Balaban J connectivity index is -0.000000281. The van der Waals surface area contributed by atoms with Crippen LogP contribution in [0.2, 0.25) is 0 Å². The van der Waals surface area contributed by atoms with Gasteiger partial charge in [0.15, 0.2) is 0 Å². The molecule has 4 nitrogen and oxygen atoms in total. The molecule has 18 heavy (non-hydrogen) atoms. The molecular formula is C9H10NO3SUVWY-3. The predicted octanol–water partition coefficient (Wildman–Crippen LogP) is 1.35. The van der Waals surface area contributed by atoms with Crippen molar-refractivity contribution < 1.29 is 119 Å². The summed E-state index contributed by atoms with van der Waals surface area (Å²) in [6, 6.07) is 0. The second-order valence-electron chi connectivity index (χ2n) is 2.67. The molecule has 0 aromatic rings. The van der Waals surface area contributed by atoms with Crippen LogP contribution in [-0.2, 0) is 81.8 Å². The number of hydrogen-bond donors (Lipinski definition) is 1. The van der Waals surface area contributed by atoms with Gasteiger partial charge in [-0.25, -0.2) is 11.3 Å². The van der Waals surface area contributed by atoms with Crippen LogP contribution in [0.25, 0.3) is 0 Å². The smallest absolute Gasteiger partial charge is 0.355 e. The Bertz CT molecular complexity index is 324. The van der Waals surface area contributed by atoms with Crippen LogP contribution >= 0.6 is 12.6 Å². The van der Waals surface area contributed by atoms with Gasteiger partial charge in [0.05, 0.1) is 1.37 Å². The zero-order valence-corrected chi connectivity index (χ0v) is 21.9. The molecule has 1 saturated heterocycles. The Hall–Kier alpha value is 2.44. The normalized spacial score (nSPS) is 24.9. The topological polar surface area (TPSA) is 38.8 Å². The number of nitrogens with zero attached hydrogens (tertiary/aromatic N) is 1. The molecule has 1 amide bonds. The van der Waals surface area contributed by atoms with Gasteiger partial charge in [-0.1, -0.05) is 6.92 Å². The van der Waals surface area contributed by atoms with Gasteiger partial charge in [-0.05, 0) is 6.10 Å². The summed E-state index contributed by atoms with van der Waals surface area (Å²) in [4.78, 5) is 12.4. The van der Waals surface area contributed by atoms with Gasteiger partial charge >= 0.3 is 6.09 Å². The molecule has 1 heterocycles. The van der Waals surface area contributed by atoms with Crippen molar-refractivity contribution in [2.45, 2.75) is 25.5 Å². The van der Waals surface area contributed by atoms with Crippen LogP contribution < -0.4 is 0 Å². The van der Waals surface area contributed by atoms with Crippen molar-refractivity contribution in [2.24, 2.45) is 0 Å². The van der Waals surface area contributed by atoms with E-state index in [0.29, 0.717) is 0 Å². The average Bonchev–Trinajstić information content (AvgIpc) is 2.39. The minimum absolute atomic E-state index is 0. The van der Waals surface area contributed by atoms with E-state index in [9.17, 15) is 4.79 Å². The van der Waals surface area contributed by atoms with E-state index in [-0.39, 0.29) is 110 Å². The number of ether oxygens (including phenoxy) is 2. The Kier molecular flexibility index (Phi) is 20.3. The number of amides is 1. The van der Waals surface area contributed by atoms with Gasteiger partial charge in [0.1, 0.15) is 5.54 Å². The molecule has 0 aromatic heterocycles. The average molecular weight is 776 g/mol. The van der Waals surface area contributed by atoms with Crippen LogP contribution in [0.1, 0.15) is 15.2 Å². The van der Waals surface area contributed by atoms with Crippen molar-refractivity contribution in [1.82, 2.24) is 4.90 Å². The third-order valence-corrected chi connectivity index (χ3v) is 1.79. The molecule has 2 atom stereocenters. The number of hydrogen-bond acceptors (Lipinski definition) is 4. The zero-order chi connectivity index (χ0) is 11.6.